The maximum absolute atomic E-state index is 8.39. The fraction of sp³-hybridized carbons (Fsp3) is 1.00. The zero-order valence-corrected chi connectivity index (χ0v) is 5.31. The highest BCUT2D eigenvalue weighted by Crippen LogP contribution is 1.84. The van der Waals surface area contributed by atoms with E-state index in [4.69, 9.17) is 5.11 Å². The Labute approximate surface area is 45.0 Å². The lowest BCUT2D eigenvalue weighted by molar-refractivity contribution is -0.870. The Balaban J connectivity index is 3.15. The molecule has 0 heterocycles. The average Bonchev–Trinajstić information content (AvgIpc) is 1.30. The number of rotatable bonds is 2. The number of aliphatic hydroxyl groups excluding tert-OH is 1. The van der Waals surface area contributed by atoms with Crippen molar-refractivity contribution in [3.8, 4) is 0 Å². The Morgan fingerprint density at radius 2 is 1.71 bits per heavy atom. The van der Waals surface area contributed by atoms with Crippen LogP contribution in [0.1, 0.15) is 0 Å². The minimum absolute atomic E-state index is 0.281. The van der Waals surface area contributed by atoms with Crippen LogP contribution in [0.4, 0.5) is 0 Å². The SMILES string of the molecule is C[N+](C)(C)[14CH2][14CH2]O. The first-order valence-corrected chi connectivity index (χ1v) is 2.47. The van der Waals surface area contributed by atoms with Crippen molar-refractivity contribution in [2.75, 3.05) is 34.3 Å². The zero-order valence-electron chi connectivity index (χ0n) is 5.31. The first kappa shape index (κ1) is 6.92. The summed E-state index contributed by atoms with van der Waals surface area (Å²) in [6, 6.07) is 0. The first-order valence-electron chi connectivity index (χ1n) is 2.47. The Hall–Kier alpha value is -0.0800. The predicted octanol–water partition coefficient (Wildman–Crippen LogP) is -0.315. The second-order valence-corrected chi connectivity index (χ2v) is 2.74. The molecule has 0 aromatic carbocycles. The average molecular weight is 108 g/mol. The van der Waals surface area contributed by atoms with Gasteiger partial charge in [0.15, 0.2) is 0 Å². The lowest BCUT2D eigenvalue weighted by Crippen LogP contribution is -2.36. The molecule has 7 heavy (non-hydrogen) atoms. The number of hydrogen-bond acceptors (Lipinski definition) is 1. The molecule has 44 valence electrons. The highest BCUT2D eigenvalue weighted by atomic mass is 16.5. The molecule has 0 aliphatic rings. The van der Waals surface area contributed by atoms with Crippen molar-refractivity contribution < 1.29 is 9.59 Å². The van der Waals surface area contributed by atoms with Crippen molar-refractivity contribution in [1.29, 1.82) is 0 Å². The summed E-state index contributed by atoms with van der Waals surface area (Å²) in [6.07, 6.45) is 0. The van der Waals surface area contributed by atoms with Gasteiger partial charge in [0, 0.05) is 0 Å². The summed E-state index contributed by atoms with van der Waals surface area (Å²) in [5, 5.41) is 8.39. The summed E-state index contributed by atoms with van der Waals surface area (Å²) in [5.74, 6) is 0. The van der Waals surface area contributed by atoms with E-state index in [1.165, 1.54) is 0 Å². The van der Waals surface area contributed by atoms with Crippen LogP contribution < -0.4 is 0 Å². The van der Waals surface area contributed by atoms with Crippen molar-refractivity contribution in [3.63, 3.8) is 0 Å². The standard InChI is InChI=1S/C5H14NO/c1-6(2,3)4-5-7/h7H,4-5H2,1-3H3/q+1/i4+2,5+2. The van der Waals surface area contributed by atoms with Gasteiger partial charge in [0.05, 0.1) is 27.7 Å². The molecule has 0 amide bonds. The molecule has 0 radical (unpaired) electrons. The molecule has 2 nitrogen and oxygen atoms in total. The normalized spacial score (nSPS) is 12.0. The van der Waals surface area contributed by atoms with Crippen molar-refractivity contribution in [2.45, 2.75) is 0 Å². The van der Waals surface area contributed by atoms with Crippen LogP contribution in [0, 0.1) is 0 Å². The van der Waals surface area contributed by atoms with Crippen molar-refractivity contribution in [1.82, 2.24) is 0 Å². The van der Waals surface area contributed by atoms with Crippen LogP contribution in [0.5, 0.6) is 0 Å². The van der Waals surface area contributed by atoms with Crippen LogP contribution in [-0.2, 0) is 0 Å². The van der Waals surface area contributed by atoms with Gasteiger partial charge in [-0.2, -0.15) is 0 Å². The second kappa shape index (κ2) is 2.28. The van der Waals surface area contributed by atoms with Crippen molar-refractivity contribution in [3.05, 3.63) is 0 Å². The van der Waals surface area contributed by atoms with E-state index in [-0.39, 0.29) is 6.61 Å². The largest absolute Gasteiger partial charge is 0.391 e. The molecule has 0 rings (SSSR count). The van der Waals surface area contributed by atoms with Gasteiger partial charge in [-0.1, -0.05) is 0 Å². The van der Waals surface area contributed by atoms with E-state index in [2.05, 4.69) is 21.1 Å². The smallest absolute Gasteiger partial charge is 0.101 e. The first-order chi connectivity index (χ1) is 3.06. The van der Waals surface area contributed by atoms with E-state index in [0.29, 0.717) is 0 Å². The Morgan fingerprint density at radius 3 is 1.71 bits per heavy atom. The van der Waals surface area contributed by atoms with Gasteiger partial charge in [0.1, 0.15) is 6.54 Å². The molecule has 0 aliphatic heterocycles. The van der Waals surface area contributed by atoms with Gasteiger partial charge < -0.3 is 9.59 Å². The molecule has 0 aliphatic carbocycles. The Bertz CT molecular complexity index is 46.5. The van der Waals surface area contributed by atoms with Crippen LogP contribution in [0.25, 0.3) is 0 Å². The van der Waals surface area contributed by atoms with Gasteiger partial charge in [-0.3, -0.25) is 0 Å². The third kappa shape index (κ3) is 5.92. The summed E-state index contributed by atoms with van der Waals surface area (Å²) < 4.78 is 0.844. The summed E-state index contributed by atoms with van der Waals surface area (Å²) >= 11 is 0. The van der Waals surface area contributed by atoms with E-state index in [9.17, 15) is 0 Å². The molecule has 0 aromatic heterocycles. The number of likely N-dealkylation sites (N-methyl/N-ethyl adjacent to an activating group) is 1. The van der Waals surface area contributed by atoms with Crippen molar-refractivity contribution in [2.24, 2.45) is 0 Å². The van der Waals surface area contributed by atoms with E-state index in [0.717, 1.165) is 11.0 Å². The van der Waals surface area contributed by atoms with Gasteiger partial charge in [-0.25, -0.2) is 0 Å². The van der Waals surface area contributed by atoms with Crippen LogP contribution in [0.2, 0.25) is 0 Å². The molecule has 1 N–H and O–H groups in total. The van der Waals surface area contributed by atoms with Crippen LogP contribution in [0.3, 0.4) is 0 Å². The quantitative estimate of drug-likeness (QED) is 0.481. The Kier molecular flexibility index (Phi) is 2.26. The van der Waals surface area contributed by atoms with E-state index in [1.807, 2.05) is 0 Å². The Morgan fingerprint density at radius 1 is 1.29 bits per heavy atom. The fourth-order valence-corrected chi connectivity index (χ4v) is 0.300. The number of quaternary nitrogens is 1. The summed E-state index contributed by atoms with van der Waals surface area (Å²) in [7, 11) is 6.16. The molecule has 0 aromatic rings. The van der Waals surface area contributed by atoms with Gasteiger partial charge >= 0.3 is 0 Å². The van der Waals surface area contributed by atoms with Crippen LogP contribution in [-0.4, -0.2) is 43.9 Å². The molecule has 0 fully saturated rings. The lowest BCUT2D eigenvalue weighted by Gasteiger charge is -2.21. The molecule has 0 saturated heterocycles. The highest BCUT2D eigenvalue weighted by molar-refractivity contribution is 4.19. The van der Waals surface area contributed by atoms with E-state index >= 15 is 0 Å². The van der Waals surface area contributed by atoms with Crippen LogP contribution >= 0.6 is 0 Å². The molecule has 2 heteroatoms. The molecule has 0 bridgehead atoms. The third-order valence-corrected chi connectivity index (χ3v) is 0.771. The summed E-state index contributed by atoms with van der Waals surface area (Å²) in [4.78, 5) is 0. The monoisotopic (exact) mass is 108 g/mol. The third-order valence-electron chi connectivity index (χ3n) is 0.771. The molecule has 0 atom stereocenters. The van der Waals surface area contributed by atoms with Crippen LogP contribution in [0.15, 0.2) is 0 Å². The van der Waals surface area contributed by atoms with Gasteiger partial charge in [-0.15, -0.1) is 0 Å². The highest BCUT2D eigenvalue weighted by Gasteiger charge is 2.02. The van der Waals surface area contributed by atoms with Crippen molar-refractivity contribution >= 4 is 0 Å². The number of nitrogens with zero attached hydrogens (tertiary/aromatic N) is 1. The second-order valence-electron chi connectivity index (χ2n) is 2.74. The summed E-state index contributed by atoms with van der Waals surface area (Å²) in [5.41, 5.74) is 0. The number of hydrogen-bond donors (Lipinski definition) is 1. The lowest BCUT2D eigenvalue weighted by atomic mass is 10.9. The maximum atomic E-state index is 8.39. The van der Waals surface area contributed by atoms with Gasteiger partial charge in [0.2, 0.25) is 0 Å². The maximum Gasteiger partial charge on any atom is 0.101 e. The molecular weight excluding hydrogens is 94.0 g/mol. The minimum Gasteiger partial charge on any atom is -0.391 e. The predicted molar refractivity (Wildman–Crippen MR) is 30.0 cm³/mol. The minimum atomic E-state index is 0.281. The van der Waals surface area contributed by atoms with E-state index in [1.54, 1.807) is 0 Å². The summed E-state index contributed by atoms with van der Waals surface area (Å²) in [6.45, 7) is 1.11. The molecule has 0 saturated carbocycles. The van der Waals surface area contributed by atoms with E-state index < -0.39 is 0 Å². The molecule has 0 unspecified atom stereocenters. The fourth-order valence-electron chi connectivity index (χ4n) is 0.300. The zero-order chi connectivity index (χ0) is 5.91. The number of aliphatic hydroxyl groups is 1. The molecular formula is C5H14NO+. The van der Waals surface area contributed by atoms with Gasteiger partial charge in [0.25, 0.3) is 0 Å². The van der Waals surface area contributed by atoms with Gasteiger partial charge in [-0.05, 0) is 0 Å². The topological polar surface area (TPSA) is 20.2 Å². The molecule has 0 spiro atoms.